The van der Waals surface area contributed by atoms with Crippen LogP contribution in [0.4, 0.5) is 5.69 Å². The molecule has 0 aliphatic heterocycles. The first kappa shape index (κ1) is 17.0. The molecule has 5 nitrogen and oxygen atoms in total. The van der Waals surface area contributed by atoms with E-state index in [1.165, 1.54) is 43.9 Å². The maximum Gasteiger partial charge on any atom is 0.237 e. The van der Waals surface area contributed by atoms with Gasteiger partial charge in [0, 0.05) is 18.7 Å². The van der Waals surface area contributed by atoms with E-state index in [4.69, 9.17) is 0 Å². The Hall–Kier alpha value is -1.82. The topological polar surface area (TPSA) is 59.8 Å². The summed E-state index contributed by atoms with van der Waals surface area (Å²) in [6.07, 6.45) is 6.26. The molecule has 1 atom stereocenters. The summed E-state index contributed by atoms with van der Waals surface area (Å²) < 4.78 is 2.06. The zero-order valence-electron chi connectivity index (χ0n) is 14.2. The minimum absolute atomic E-state index is 0.0200. The molecule has 1 amide bonds. The lowest BCUT2D eigenvalue weighted by atomic mass is 9.89. The fraction of sp³-hybridized carbons (Fsp3) is 0.500. The van der Waals surface area contributed by atoms with Gasteiger partial charge in [0.15, 0.2) is 5.16 Å². The summed E-state index contributed by atoms with van der Waals surface area (Å²) in [7, 11) is 2.01. The van der Waals surface area contributed by atoms with Gasteiger partial charge in [-0.2, -0.15) is 0 Å². The Balaban J connectivity index is 1.63. The minimum Gasteiger partial charge on any atom is -0.325 e. The molecule has 6 heteroatoms. The molecule has 1 N–H and O–H groups in total. The Morgan fingerprint density at radius 1 is 1.21 bits per heavy atom. The van der Waals surface area contributed by atoms with Crippen LogP contribution >= 0.6 is 11.8 Å². The summed E-state index contributed by atoms with van der Waals surface area (Å²) in [5, 5.41) is 12.2. The van der Waals surface area contributed by atoms with E-state index in [0.29, 0.717) is 5.92 Å². The third-order valence-corrected chi connectivity index (χ3v) is 5.67. The molecule has 1 saturated carbocycles. The number of amides is 1. The number of para-hydroxylation sites is 1. The minimum atomic E-state index is -0.229. The lowest BCUT2D eigenvalue weighted by Gasteiger charge is -2.20. The number of benzene rings is 1. The van der Waals surface area contributed by atoms with Crippen LogP contribution < -0.4 is 5.32 Å². The highest BCUT2D eigenvalue weighted by molar-refractivity contribution is 8.00. The van der Waals surface area contributed by atoms with Gasteiger partial charge in [-0.15, -0.1) is 10.2 Å². The van der Waals surface area contributed by atoms with Crippen molar-refractivity contribution in [3.05, 3.63) is 36.2 Å². The monoisotopic (exact) mass is 344 g/mol. The molecule has 3 rings (SSSR count). The lowest BCUT2D eigenvalue weighted by molar-refractivity contribution is -0.115. The summed E-state index contributed by atoms with van der Waals surface area (Å²) in [5.74, 6) is 1.56. The second-order valence-electron chi connectivity index (χ2n) is 6.35. The first-order chi connectivity index (χ1) is 11.6. The van der Waals surface area contributed by atoms with Crippen LogP contribution in [0.5, 0.6) is 0 Å². The van der Waals surface area contributed by atoms with Gasteiger partial charge in [-0.3, -0.25) is 4.79 Å². The summed E-state index contributed by atoms with van der Waals surface area (Å²) in [5.41, 5.74) is 0.816. The largest absolute Gasteiger partial charge is 0.325 e. The molecule has 0 saturated heterocycles. The molecule has 0 radical (unpaired) electrons. The number of hydrogen-bond acceptors (Lipinski definition) is 4. The molecule has 128 valence electrons. The highest BCUT2D eigenvalue weighted by atomic mass is 32.2. The van der Waals surface area contributed by atoms with Crippen LogP contribution in [0, 0.1) is 0 Å². The van der Waals surface area contributed by atoms with E-state index in [1.54, 1.807) is 0 Å². The standard InChI is InChI=1S/C18H24N4OS/c1-13(17(23)19-15-11-7-4-8-12-15)24-18-21-20-16(22(18)2)14-9-5-3-6-10-14/h4,7-8,11-14H,3,5-6,9-10H2,1-2H3,(H,19,23). The Morgan fingerprint density at radius 3 is 2.62 bits per heavy atom. The third-order valence-electron chi connectivity index (χ3n) is 4.53. The van der Waals surface area contributed by atoms with Crippen LogP contribution in [0.2, 0.25) is 0 Å². The number of nitrogens with zero attached hydrogens (tertiary/aromatic N) is 3. The summed E-state index contributed by atoms with van der Waals surface area (Å²) >= 11 is 1.46. The van der Waals surface area contributed by atoms with Gasteiger partial charge in [-0.1, -0.05) is 49.2 Å². The fourth-order valence-electron chi connectivity index (χ4n) is 3.12. The maximum absolute atomic E-state index is 12.3. The predicted molar refractivity (Wildman–Crippen MR) is 97.2 cm³/mol. The normalized spacial score (nSPS) is 16.8. The number of aromatic nitrogens is 3. The van der Waals surface area contributed by atoms with E-state index in [2.05, 4.69) is 20.1 Å². The Bertz CT molecular complexity index is 680. The quantitative estimate of drug-likeness (QED) is 0.834. The molecular formula is C18H24N4OS. The van der Waals surface area contributed by atoms with Crippen molar-refractivity contribution in [2.45, 2.75) is 55.4 Å². The van der Waals surface area contributed by atoms with Gasteiger partial charge >= 0.3 is 0 Å². The number of carbonyl (C=O) groups is 1. The van der Waals surface area contributed by atoms with Crippen molar-refractivity contribution in [2.24, 2.45) is 7.05 Å². The Labute approximate surface area is 147 Å². The van der Waals surface area contributed by atoms with Crippen LogP contribution in [0.1, 0.15) is 50.8 Å². The maximum atomic E-state index is 12.3. The zero-order valence-corrected chi connectivity index (χ0v) is 15.1. The third kappa shape index (κ3) is 3.98. The second kappa shape index (κ2) is 7.83. The number of carbonyl (C=O) groups excluding carboxylic acids is 1. The predicted octanol–water partition coefficient (Wildman–Crippen LogP) is 3.98. The highest BCUT2D eigenvalue weighted by Gasteiger charge is 2.24. The van der Waals surface area contributed by atoms with Crippen molar-refractivity contribution in [1.82, 2.24) is 14.8 Å². The molecule has 24 heavy (non-hydrogen) atoms. The van der Waals surface area contributed by atoms with E-state index in [0.717, 1.165) is 16.7 Å². The van der Waals surface area contributed by atoms with Gasteiger partial charge in [-0.25, -0.2) is 0 Å². The first-order valence-electron chi connectivity index (χ1n) is 8.57. The number of thioether (sulfide) groups is 1. The van der Waals surface area contributed by atoms with Crippen LogP contribution in [-0.2, 0) is 11.8 Å². The van der Waals surface area contributed by atoms with E-state index < -0.39 is 0 Å². The molecule has 1 unspecified atom stereocenters. The SMILES string of the molecule is CC(Sc1nnc(C2CCCCC2)n1C)C(=O)Nc1ccccc1. The summed E-state index contributed by atoms with van der Waals surface area (Å²) in [6, 6.07) is 9.52. The second-order valence-corrected chi connectivity index (χ2v) is 7.66. The number of rotatable bonds is 5. The van der Waals surface area contributed by atoms with Crippen molar-refractivity contribution in [1.29, 1.82) is 0 Å². The van der Waals surface area contributed by atoms with Crippen molar-refractivity contribution < 1.29 is 4.79 Å². The lowest BCUT2D eigenvalue weighted by Crippen LogP contribution is -2.22. The number of hydrogen-bond donors (Lipinski definition) is 1. The molecule has 1 aromatic carbocycles. The number of nitrogens with one attached hydrogen (secondary N) is 1. The van der Waals surface area contributed by atoms with Crippen molar-refractivity contribution in [3.63, 3.8) is 0 Å². The van der Waals surface area contributed by atoms with E-state index >= 15 is 0 Å². The molecule has 1 fully saturated rings. The fourth-order valence-corrected chi connectivity index (χ4v) is 3.94. The van der Waals surface area contributed by atoms with Gasteiger partial charge in [0.05, 0.1) is 5.25 Å². The van der Waals surface area contributed by atoms with Crippen LogP contribution in [0.15, 0.2) is 35.5 Å². The van der Waals surface area contributed by atoms with Gasteiger partial charge in [-0.05, 0) is 31.9 Å². The molecule has 1 aliphatic carbocycles. The molecular weight excluding hydrogens is 320 g/mol. The Morgan fingerprint density at radius 2 is 1.92 bits per heavy atom. The Kier molecular flexibility index (Phi) is 5.56. The highest BCUT2D eigenvalue weighted by Crippen LogP contribution is 2.33. The molecule has 1 heterocycles. The molecule has 1 aliphatic rings. The van der Waals surface area contributed by atoms with Gasteiger partial charge in [0.2, 0.25) is 5.91 Å². The van der Waals surface area contributed by atoms with Crippen molar-refractivity contribution >= 4 is 23.4 Å². The van der Waals surface area contributed by atoms with E-state index in [-0.39, 0.29) is 11.2 Å². The first-order valence-corrected chi connectivity index (χ1v) is 9.45. The molecule has 2 aromatic rings. The van der Waals surface area contributed by atoms with Crippen molar-refractivity contribution in [2.75, 3.05) is 5.32 Å². The average molecular weight is 344 g/mol. The van der Waals surface area contributed by atoms with Gasteiger partial charge < -0.3 is 9.88 Å². The number of anilines is 1. The van der Waals surface area contributed by atoms with Crippen LogP contribution in [0.25, 0.3) is 0 Å². The van der Waals surface area contributed by atoms with E-state index in [9.17, 15) is 4.79 Å². The average Bonchev–Trinajstić information content (AvgIpc) is 2.97. The van der Waals surface area contributed by atoms with Gasteiger partial charge in [0.1, 0.15) is 5.82 Å². The van der Waals surface area contributed by atoms with E-state index in [1.807, 2.05) is 44.3 Å². The molecule has 1 aromatic heterocycles. The van der Waals surface area contributed by atoms with Gasteiger partial charge in [0.25, 0.3) is 0 Å². The summed E-state index contributed by atoms with van der Waals surface area (Å²) in [4.78, 5) is 12.3. The molecule has 0 bridgehead atoms. The van der Waals surface area contributed by atoms with Crippen LogP contribution in [-0.4, -0.2) is 25.9 Å². The van der Waals surface area contributed by atoms with Crippen molar-refractivity contribution in [3.8, 4) is 0 Å². The van der Waals surface area contributed by atoms with Crippen LogP contribution in [0.3, 0.4) is 0 Å². The smallest absolute Gasteiger partial charge is 0.237 e. The summed E-state index contributed by atoms with van der Waals surface area (Å²) in [6.45, 7) is 1.90. The zero-order chi connectivity index (χ0) is 16.9. The molecule has 0 spiro atoms.